The first-order valence-corrected chi connectivity index (χ1v) is 6.31. The smallest absolute Gasteiger partial charge is 0.340 e. The highest BCUT2D eigenvalue weighted by Gasteiger charge is 2.20. The Labute approximate surface area is 111 Å². The van der Waals surface area contributed by atoms with E-state index < -0.39 is 6.03 Å². The Kier molecular flexibility index (Phi) is 3.08. The molecule has 0 atom stereocenters. The molecule has 1 saturated heterocycles. The molecule has 0 unspecified atom stereocenters. The molecule has 1 aliphatic rings. The topological polar surface area (TPSA) is 71.6 Å². The molecule has 2 N–H and O–H groups in total. The lowest BCUT2D eigenvalue weighted by atomic mass is 10.3. The van der Waals surface area contributed by atoms with Crippen molar-refractivity contribution in [1.82, 2.24) is 9.88 Å². The highest BCUT2D eigenvalue weighted by molar-refractivity contribution is 8.14. The van der Waals surface area contributed by atoms with Gasteiger partial charge in [-0.1, -0.05) is 29.4 Å². The Morgan fingerprint density at radius 1 is 1.76 bits per heavy atom. The molecule has 1 aromatic rings. The Morgan fingerprint density at radius 2 is 2.65 bits per heavy atom. The van der Waals surface area contributed by atoms with E-state index in [9.17, 15) is 4.79 Å². The summed E-state index contributed by atoms with van der Waals surface area (Å²) in [5.74, 6) is 0.823. The van der Waals surface area contributed by atoms with Gasteiger partial charge in [-0.05, 0) is 11.6 Å². The van der Waals surface area contributed by atoms with Crippen molar-refractivity contribution in [3.05, 3.63) is 29.0 Å². The SMILES string of the molecule is [2H]N([2H])C(=O)N=C1SCCN1Cc1ccc(Cl)nc1. The Hall–Kier alpha value is -1.27. The zero-order chi connectivity index (χ0) is 13.8. The van der Waals surface area contributed by atoms with Gasteiger partial charge in [0.15, 0.2) is 7.99 Å². The predicted molar refractivity (Wildman–Crippen MR) is 69.1 cm³/mol. The number of pyridine rings is 1. The van der Waals surface area contributed by atoms with Gasteiger partial charge in [-0.25, -0.2) is 9.78 Å². The zero-order valence-electron chi connectivity index (χ0n) is 10.8. The fourth-order valence-corrected chi connectivity index (χ4v) is 2.57. The van der Waals surface area contributed by atoms with Gasteiger partial charge >= 0.3 is 6.03 Å². The Balaban J connectivity index is 2.07. The molecule has 17 heavy (non-hydrogen) atoms. The van der Waals surface area contributed by atoms with Crippen LogP contribution in [0, 0.1) is 0 Å². The lowest BCUT2D eigenvalue weighted by Gasteiger charge is -2.16. The van der Waals surface area contributed by atoms with E-state index in [0.29, 0.717) is 16.9 Å². The van der Waals surface area contributed by atoms with Crippen LogP contribution in [-0.2, 0) is 6.54 Å². The molecule has 7 heteroatoms. The van der Waals surface area contributed by atoms with E-state index in [1.807, 2.05) is 11.0 Å². The summed E-state index contributed by atoms with van der Waals surface area (Å²) in [6.07, 6.45) is 1.67. The van der Waals surface area contributed by atoms with Crippen molar-refractivity contribution < 1.29 is 7.62 Å². The minimum absolute atomic E-state index is 0.0338. The number of primary amides is 1. The molecule has 0 spiro atoms. The molecule has 2 amide bonds. The standard InChI is InChI=1S/C10H11ClN4OS/c11-8-2-1-7(5-13-8)6-15-3-4-17-10(15)14-9(12)16/h1-2,5H,3-4,6H2,(H2,12,16)/i/hD2. The molecule has 0 radical (unpaired) electrons. The molecule has 1 aromatic heterocycles. The number of hydrogen-bond donors (Lipinski definition) is 1. The number of thioether (sulfide) groups is 1. The molecular formula is C10H11ClN4OS. The number of carbonyl (C=O) groups is 1. The molecule has 0 aliphatic carbocycles. The first-order chi connectivity index (χ1) is 9.06. The number of hydrogen-bond acceptors (Lipinski definition) is 3. The number of aromatic nitrogens is 1. The molecule has 0 aromatic carbocycles. The molecule has 90 valence electrons. The minimum atomic E-state index is -0.899. The number of urea groups is 1. The van der Waals surface area contributed by atoms with Gasteiger partial charge in [-0.2, -0.15) is 4.99 Å². The van der Waals surface area contributed by atoms with Crippen LogP contribution in [0.5, 0.6) is 0 Å². The van der Waals surface area contributed by atoms with Gasteiger partial charge in [0.25, 0.3) is 0 Å². The van der Waals surface area contributed by atoms with Crippen LogP contribution < -0.4 is 5.72 Å². The summed E-state index contributed by atoms with van der Waals surface area (Å²) in [6.45, 7) is 1.33. The van der Waals surface area contributed by atoms with Gasteiger partial charge in [-0.15, -0.1) is 0 Å². The van der Waals surface area contributed by atoms with Crippen LogP contribution in [0.15, 0.2) is 23.3 Å². The number of amidine groups is 1. The summed E-state index contributed by atoms with van der Waals surface area (Å²) in [6, 6.07) is 2.67. The van der Waals surface area contributed by atoms with E-state index in [2.05, 4.69) is 9.98 Å². The molecule has 0 bridgehead atoms. The van der Waals surface area contributed by atoms with Crippen LogP contribution >= 0.6 is 23.4 Å². The molecular weight excluding hydrogens is 260 g/mol. The summed E-state index contributed by atoms with van der Waals surface area (Å²) in [5, 5.41) is 0.965. The first-order valence-electron chi connectivity index (χ1n) is 5.84. The molecule has 5 nitrogen and oxygen atoms in total. The van der Waals surface area contributed by atoms with E-state index in [4.69, 9.17) is 14.4 Å². The van der Waals surface area contributed by atoms with Crippen LogP contribution in [0.25, 0.3) is 0 Å². The minimum Gasteiger partial charge on any atom is -0.350 e. The average molecular weight is 273 g/mol. The maximum absolute atomic E-state index is 11.2. The molecule has 1 aliphatic heterocycles. The van der Waals surface area contributed by atoms with E-state index in [1.54, 1.807) is 12.3 Å². The van der Waals surface area contributed by atoms with Gasteiger partial charge in [0.05, 0.1) is 0 Å². The van der Waals surface area contributed by atoms with Gasteiger partial charge in [-0.3, -0.25) is 0 Å². The van der Waals surface area contributed by atoms with Crippen LogP contribution in [0.3, 0.4) is 0 Å². The summed E-state index contributed by atoms with van der Waals surface area (Å²) in [4.78, 5) is 20.9. The van der Waals surface area contributed by atoms with Gasteiger partial charge in [0, 0.05) is 25.0 Å². The van der Waals surface area contributed by atoms with Crippen LogP contribution in [0.1, 0.15) is 5.56 Å². The monoisotopic (exact) mass is 272 g/mol. The van der Waals surface area contributed by atoms with Crippen molar-refractivity contribution in [2.45, 2.75) is 6.54 Å². The van der Waals surface area contributed by atoms with Crippen LogP contribution in [0.2, 0.25) is 7.98 Å². The predicted octanol–water partition coefficient (Wildman–Crippen LogP) is 1.72. The van der Waals surface area contributed by atoms with Gasteiger partial charge in [0.1, 0.15) is 5.15 Å². The van der Waals surface area contributed by atoms with Crippen molar-refractivity contribution in [3.8, 4) is 0 Å². The van der Waals surface area contributed by atoms with Crippen molar-refractivity contribution in [3.63, 3.8) is 0 Å². The van der Waals surface area contributed by atoms with Gasteiger partial charge < -0.3 is 10.6 Å². The third-order valence-electron chi connectivity index (χ3n) is 2.22. The molecule has 2 rings (SSSR count). The number of nitrogens with two attached hydrogens (primary N) is 1. The highest BCUT2D eigenvalue weighted by atomic mass is 35.5. The van der Waals surface area contributed by atoms with Crippen molar-refractivity contribution in [2.24, 2.45) is 10.7 Å². The molecule has 1 fully saturated rings. The number of halogens is 1. The van der Waals surface area contributed by atoms with Crippen molar-refractivity contribution in [2.75, 3.05) is 12.3 Å². The van der Waals surface area contributed by atoms with E-state index in [-0.39, 0.29) is 5.72 Å². The second-order valence-electron chi connectivity index (χ2n) is 3.44. The van der Waals surface area contributed by atoms with E-state index in [1.165, 1.54) is 11.8 Å². The second kappa shape index (κ2) is 5.37. The van der Waals surface area contributed by atoms with Gasteiger partial charge in [0.2, 0.25) is 0 Å². The van der Waals surface area contributed by atoms with E-state index in [0.717, 1.165) is 17.9 Å². The third-order valence-corrected chi connectivity index (χ3v) is 3.43. The third kappa shape index (κ3) is 3.34. The number of rotatable bonds is 2. The van der Waals surface area contributed by atoms with Crippen LogP contribution in [-0.4, -0.2) is 33.4 Å². The maximum Gasteiger partial charge on any atom is 0.340 e. The summed E-state index contributed by atoms with van der Waals surface area (Å²) < 4.78 is 13.7. The fourth-order valence-electron chi connectivity index (χ4n) is 1.49. The van der Waals surface area contributed by atoms with Crippen LogP contribution in [0.4, 0.5) is 4.79 Å². The largest absolute Gasteiger partial charge is 0.350 e. The normalized spacial score (nSPS) is 19.1. The number of amides is 2. The second-order valence-corrected chi connectivity index (χ2v) is 4.89. The average Bonchev–Trinajstić information content (AvgIpc) is 2.79. The maximum atomic E-state index is 11.2. The zero-order valence-corrected chi connectivity index (χ0v) is 10.4. The number of nitrogens with zero attached hydrogens (tertiary/aromatic N) is 3. The highest BCUT2D eigenvalue weighted by Crippen LogP contribution is 2.20. The Bertz CT molecular complexity index is 497. The summed E-state index contributed by atoms with van der Waals surface area (Å²) in [7, 11) is 0. The Morgan fingerprint density at radius 3 is 3.35 bits per heavy atom. The number of aliphatic imine (C=N–C) groups is 1. The van der Waals surface area contributed by atoms with E-state index >= 15 is 0 Å². The first kappa shape index (κ1) is 9.73. The molecule has 0 saturated carbocycles. The van der Waals surface area contributed by atoms with Crippen molar-refractivity contribution >= 4 is 34.6 Å². The number of carbonyl (C=O) groups excluding carboxylic acids is 1. The summed E-state index contributed by atoms with van der Waals surface area (Å²) >= 11 is 7.15. The molecule has 2 heterocycles. The lowest BCUT2D eigenvalue weighted by molar-refractivity contribution is 0.256. The quantitative estimate of drug-likeness (QED) is 0.832. The fraction of sp³-hybridized carbons (Fsp3) is 0.300. The summed E-state index contributed by atoms with van der Waals surface area (Å²) in [5.41, 5.74) is 0.925. The lowest BCUT2D eigenvalue weighted by Crippen LogP contribution is -2.25. The van der Waals surface area contributed by atoms with Crippen molar-refractivity contribution in [1.29, 1.82) is 0 Å².